The quantitative estimate of drug-likeness (QED) is 0.863. The van der Waals surface area contributed by atoms with Gasteiger partial charge in [0, 0.05) is 17.8 Å². The molecule has 0 saturated heterocycles. The van der Waals surface area contributed by atoms with E-state index in [1.807, 2.05) is 50.4 Å². The van der Waals surface area contributed by atoms with Gasteiger partial charge in [-0.1, -0.05) is 13.8 Å². The molecule has 4 nitrogen and oxygen atoms in total. The van der Waals surface area contributed by atoms with E-state index >= 15 is 0 Å². The van der Waals surface area contributed by atoms with Gasteiger partial charge in [-0.05, 0) is 26.0 Å². The molecule has 0 radical (unpaired) electrons. The van der Waals surface area contributed by atoms with Crippen LogP contribution in [0.3, 0.4) is 0 Å². The number of imidazole rings is 1. The second kappa shape index (κ2) is 4.20. The Labute approximate surface area is 101 Å². The standard InChI is InChI=1S/C13H17N3O/c1-8(2)13(17)15-11-5-6-12-14-9(3)10(4)16(12)7-11/h5-8H,1-4H3,(H,15,17). The van der Waals surface area contributed by atoms with Crippen LogP contribution in [0.1, 0.15) is 25.2 Å². The summed E-state index contributed by atoms with van der Waals surface area (Å²) >= 11 is 0. The molecule has 0 spiro atoms. The van der Waals surface area contributed by atoms with Crippen LogP contribution in [0.5, 0.6) is 0 Å². The smallest absolute Gasteiger partial charge is 0.226 e. The van der Waals surface area contributed by atoms with Crippen LogP contribution in [0.15, 0.2) is 18.3 Å². The third-order valence-electron chi connectivity index (χ3n) is 2.89. The van der Waals surface area contributed by atoms with E-state index in [4.69, 9.17) is 0 Å². The second-order valence-corrected chi connectivity index (χ2v) is 4.57. The molecule has 0 atom stereocenters. The van der Waals surface area contributed by atoms with E-state index in [0.717, 1.165) is 22.7 Å². The van der Waals surface area contributed by atoms with E-state index < -0.39 is 0 Å². The second-order valence-electron chi connectivity index (χ2n) is 4.57. The summed E-state index contributed by atoms with van der Waals surface area (Å²) in [7, 11) is 0. The van der Waals surface area contributed by atoms with E-state index in [0.29, 0.717) is 0 Å². The number of hydrogen-bond acceptors (Lipinski definition) is 2. The maximum absolute atomic E-state index is 11.6. The maximum atomic E-state index is 11.6. The minimum atomic E-state index is -0.0173. The normalized spacial score (nSPS) is 11.1. The molecule has 0 aliphatic rings. The maximum Gasteiger partial charge on any atom is 0.226 e. The van der Waals surface area contributed by atoms with Gasteiger partial charge in [-0.3, -0.25) is 4.79 Å². The highest BCUT2D eigenvalue weighted by atomic mass is 16.1. The Bertz CT molecular complexity index is 569. The van der Waals surface area contributed by atoms with Crippen molar-refractivity contribution in [1.29, 1.82) is 0 Å². The fourth-order valence-corrected chi connectivity index (χ4v) is 1.64. The number of carbonyl (C=O) groups is 1. The van der Waals surface area contributed by atoms with Crippen LogP contribution < -0.4 is 5.32 Å². The number of aryl methyl sites for hydroxylation is 2. The van der Waals surface area contributed by atoms with Crippen molar-refractivity contribution in [1.82, 2.24) is 9.38 Å². The lowest BCUT2D eigenvalue weighted by Gasteiger charge is -2.08. The lowest BCUT2D eigenvalue weighted by Crippen LogP contribution is -2.17. The van der Waals surface area contributed by atoms with Gasteiger partial charge in [0.25, 0.3) is 0 Å². The Morgan fingerprint density at radius 2 is 2.06 bits per heavy atom. The van der Waals surface area contributed by atoms with Crippen molar-refractivity contribution in [3.63, 3.8) is 0 Å². The first-order chi connectivity index (χ1) is 7.99. The first-order valence-electron chi connectivity index (χ1n) is 5.75. The van der Waals surface area contributed by atoms with Crippen molar-refractivity contribution < 1.29 is 4.79 Å². The van der Waals surface area contributed by atoms with Gasteiger partial charge >= 0.3 is 0 Å². The first kappa shape index (κ1) is 11.6. The molecular formula is C13H17N3O. The van der Waals surface area contributed by atoms with E-state index in [2.05, 4.69) is 10.3 Å². The molecule has 2 heterocycles. The minimum Gasteiger partial charge on any atom is -0.325 e. The van der Waals surface area contributed by atoms with E-state index in [1.54, 1.807) is 0 Å². The summed E-state index contributed by atoms with van der Waals surface area (Å²) in [4.78, 5) is 16.0. The van der Waals surface area contributed by atoms with Gasteiger partial charge in [-0.25, -0.2) is 4.98 Å². The number of nitrogens with one attached hydrogen (secondary N) is 1. The van der Waals surface area contributed by atoms with E-state index in [1.165, 1.54) is 0 Å². The molecule has 90 valence electrons. The molecule has 1 N–H and O–H groups in total. The van der Waals surface area contributed by atoms with Crippen LogP contribution in [0.2, 0.25) is 0 Å². The zero-order valence-electron chi connectivity index (χ0n) is 10.6. The molecule has 0 aliphatic heterocycles. The number of pyridine rings is 1. The lowest BCUT2D eigenvalue weighted by molar-refractivity contribution is -0.118. The molecule has 0 aliphatic carbocycles. The molecule has 0 unspecified atom stereocenters. The summed E-state index contributed by atoms with van der Waals surface area (Å²) in [5.41, 5.74) is 3.82. The van der Waals surface area contributed by atoms with Crippen molar-refractivity contribution in [3.05, 3.63) is 29.7 Å². The fraction of sp³-hybridized carbons (Fsp3) is 0.385. The van der Waals surface area contributed by atoms with Crippen LogP contribution in [0.25, 0.3) is 5.65 Å². The van der Waals surface area contributed by atoms with Gasteiger partial charge in [0.15, 0.2) is 0 Å². The Morgan fingerprint density at radius 3 is 2.71 bits per heavy atom. The molecule has 17 heavy (non-hydrogen) atoms. The van der Waals surface area contributed by atoms with Crippen LogP contribution in [-0.2, 0) is 4.79 Å². The lowest BCUT2D eigenvalue weighted by atomic mass is 10.2. The summed E-state index contributed by atoms with van der Waals surface area (Å²) in [6.45, 7) is 7.75. The number of fused-ring (bicyclic) bond motifs is 1. The molecular weight excluding hydrogens is 214 g/mol. The Kier molecular flexibility index (Phi) is 2.88. The summed E-state index contributed by atoms with van der Waals surface area (Å²) in [6.07, 6.45) is 1.91. The van der Waals surface area contributed by atoms with E-state index in [9.17, 15) is 4.79 Å². The monoisotopic (exact) mass is 231 g/mol. The molecule has 0 saturated carbocycles. The largest absolute Gasteiger partial charge is 0.325 e. The zero-order valence-corrected chi connectivity index (χ0v) is 10.6. The number of carbonyl (C=O) groups excluding carboxylic acids is 1. The molecule has 0 fully saturated rings. The fourth-order valence-electron chi connectivity index (χ4n) is 1.64. The van der Waals surface area contributed by atoms with Gasteiger partial charge in [-0.2, -0.15) is 0 Å². The average molecular weight is 231 g/mol. The topological polar surface area (TPSA) is 46.4 Å². The molecule has 2 aromatic heterocycles. The molecule has 4 heteroatoms. The number of anilines is 1. The minimum absolute atomic E-state index is 0.0173. The Balaban J connectivity index is 2.37. The highest BCUT2D eigenvalue weighted by molar-refractivity contribution is 5.92. The molecule has 1 amide bonds. The van der Waals surface area contributed by atoms with Crippen molar-refractivity contribution >= 4 is 17.2 Å². The van der Waals surface area contributed by atoms with Crippen molar-refractivity contribution in [2.45, 2.75) is 27.7 Å². The number of amides is 1. The summed E-state index contributed by atoms with van der Waals surface area (Å²) < 4.78 is 1.99. The first-order valence-corrected chi connectivity index (χ1v) is 5.75. The van der Waals surface area contributed by atoms with Gasteiger partial charge < -0.3 is 9.72 Å². The number of rotatable bonds is 2. The van der Waals surface area contributed by atoms with Crippen LogP contribution in [0.4, 0.5) is 5.69 Å². The highest BCUT2D eigenvalue weighted by Gasteiger charge is 2.09. The van der Waals surface area contributed by atoms with Gasteiger partial charge in [0.2, 0.25) is 5.91 Å². The van der Waals surface area contributed by atoms with Crippen LogP contribution >= 0.6 is 0 Å². The van der Waals surface area contributed by atoms with Gasteiger partial charge in [-0.15, -0.1) is 0 Å². The number of nitrogens with zero attached hydrogens (tertiary/aromatic N) is 2. The van der Waals surface area contributed by atoms with Crippen molar-refractivity contribution in [2.75, 3.05) is 5.32 Å². The Hall–Kier alpha value is -1.84. The summed E-state index contributed by atoms with van der Waals surface area (Å²) in [5.74, 6) is 0.00941. The molecule has 0 aromatic carbocycles. The molecule has 0 bridgehead atoms. The highest BCUT2D eigenvalue weighted by Crippen LogP contribution is 2.15. The van der Waals surface area contributed by atoms with Crippen LogP contribution in [0, 0.1) is 19.8 Å². The summed E-state index contributed by atoms with van der Waals surface area (Å²) in [5, 5.41) is 2.88. The van der Waals surface area contributed by atoms with Gasteiger partial charge in [0.05, 0.1) is 11.4 Å². The number of hydrogen-bond donors (Lipinski definition) is 1. The predicted molar refractivity (Wildman–Crippen MR) is 68.1 cm³/mol. The molecule has 2 aromatic rings. The number of aromatic nitrogens is 2. The molecule has 2 rings (SSSR count). The third kappa shape index (κ3) is 2.16. The average Bonchev–Trinajstić information content (AvgIpc) is 2.55. The van der Waals surface area contributed by atoms with Crippen LogP contribution in [-0.4, -0.2) is 15.3 Å². The third-order valence-corrected chi connectivity index (χ3v) is 2.89. The van der Waals surface area contributed by atoms with Crippen molar-refractivity contribution in [3.8, 4) is 0 Å². The Morgan fingerprint density at radius 1 is 1.35 bits per heavy atom. The SMILES string of the molecule is Cc1nc2ccc(NC(=O)C(C)C)cn2c1C. The van der Waals surface area contributed by atoms with Crippen molar-refractivity contribution in [2.24, 2.45) is 5.92 Å². The predicted octanol–water partition coefficient (Wildman–Crippen LogP) is 2.55. The van der Waals surface area contributed by atoms with Gasteiger partial charge in [0.1, 0.15) is 5.65 Å². The van der Waals surface area contributed by atoms with E-state index in [-0.39, 0.29) is 11.8 Å². The zero-order chi connectivity index (χ0) is 12.6. The summed E-state index contributed by atoms with van der Waals surface area (Å²) in [6, 6.07) is 3.79.